The molecule has 0 aliphatic heterocycles. The van der Waals surface area contributed by atoms with Crippen LogP contribution in [0.5, 0.6) is 0 Å². The lowest BCUT2D eigenvalue weighted by Gasteiger charge is -2.25. The molecule has 0 N–H and O–H groups in total. The number of hydrogen-bond donors (Lipinski definition) is 0. The zero-order valence-electron chi connectivity index (χ0n) is 9.97. The Labute approximate surface area is 99.8 Å². The predicted molar refractivity (Wildman–Crippen MR) is 59.1 cm³/mol. The monoisotopic (exact) mass is 240 g/mol. The first-order valence-corrected chi connectivity index (χ1v) is 5.50. The molecule has 0 bridgehead atoms. The Morgan fingerprint density at radius 2 is 1.94 bits per heavy atom. The van der Waals surface area contributed by atoms with E-state index in [4.69, 9.17) is 4.74 Å². The summed E-state index contributed by atoms with van der Waals surface area (Å²) >= 11 is 0. The summed E-state index contributed by atoms with van der Waals surface area (Å²) in [5.74, 6) is -1.54. The molecule has 0 saturated carbocycles. The number of ketones is 1. The summed E-state index contributed by atoms with van der Waals surface area (Å²) in [6, 6.07) is 0. The van der Waals surface area contributed by atoms with Crippen LogP contribution in [0.25, 0.3) is 0 Å². The zero-order valence-corrected chi connectivity index (χ0v) is 9.97. The van der Waals surface area contributed by atoms with Gasteiger partial charge in [-0.2, -0.15) is 0 Å². The molecular formula is C12H16O5. The molecule has 2 atom stereocenters. The van der Waals surface area contributed by atoms with Gasteiger partial charge in [0, 0.05) is 13.8 Å². The number of ether oxygens (including phenoxy) is 2. The first kappa shape index (κ1) is 13.4. The van der Waals surface area contributed by atoms with Gasteiger partial charge < -0.3 is 9.47 Å². The number of Topliss-reactive ketones (excluding diaryl/α,β-unsaturated/α-hetero) is 1. The molecule has 0 heterocycles. The Kier molecular flexibility index (Phi) is 4.87. The van der Waals surface area contributed by atoms with Crippen LogP contribution in [-0.2, 0) is 23.9 Å². The number of carbonyl (C=O) groups excluding carboxylic acids is 3. The molecule has 1 aliphatic rings. The highest BCUT2D eigenvalue weighted by molar-refractivity contribution is 5.85. The molecule has 0 aromatic heterocycles. The first-order chi connectivity index (χ1) is 8.00. The largest absolute Gasteiger partial charge is 0.458 e. The second kappa shape index (κ2) is 6.18. The van der Waals surface area contributed by atoms with E-state index in [1.54, 1.807) is 6.08 Å². The quantitative estimate of drug-likeness (QED) is 0.542. The average molecular weight is 240 g/mol. The lowest BCUT2D eigenvalue weighted by Crippen LogP contribution is -2.34. The molecule has 1 aliphatic carbocycles. The molecule has 0 unspecified atom stereocenters. The summed E-state index contributed by atoms with van der Waals surface area (Å²) in [5, 5.41) is 0. The Morgan fingerprint density at radius 1 is 1.24 bits per heavy atom. The van der Waals surface area contributed by atoms with Crippen LogP contribution in [-0.4, -0.2) is 30.4 Å². The van der Waals surface area contributed by atoms with Crippen LogP contribution in [0.3, 0.4) is 0 Å². The molecule has 0 amide bonds. The van der Waals surface area contributed by atoms with Gasteiger partial charge in [-0.15, -0.1) is 0 Å². The van der Waals surface area contributed by atoms with Gasteiger partial charge in [-0.1, -0.05) is 6.08 Å². The predicted octanol–water partition coefficient (Wildman–Crippen LogP) is 1.02. The van der Waals surface area contributed by atoms with Crippen molar-refractivity contribution in [3.63, 3.8) is 0 Å². The van der Waals surface area contributed by atoms with Gasteiger partial charge >= 0.3 is 11.9 Å². The van der Waals surface area contributed by atoms with E-state index < -0.39 is 24.0 Å². The van der Waals surface area contributed by atoms with Crippen LogP contribution in [0.2, 0.25) is 0 Å². The van der Waals surface area contributed by atoms with Crippen molar-refractivity contribution in [3.8, 4) is 0 Å². The van der Waals surface area contributed by atoms with Crippen LogP contribution in [0.1, 0.15) is 26.7 Å². The summed E-state index contributed by atoms with van der Waals surface area (Å²) in [6.07, 6.45) is 4.41. The van der Waals surface area contributed by atoms with Crippen molar-refractivity contribution in [3.05, 3.63) is 12.2 Å². The third-order valence-corrected chi connectivity index (χ3v) is 2.50. The lowest BCUT2D eigenvalue weighted by atomic mass is 9.88. The van der Waals surface area contributed by atoms with E-state index in [1.807, 2.05) is 6.08 Å². The fourth-order valence-electron chi connectivity index (χ4n) is 1.74. The third kappa shape index (κ3) is 4.38. The number of allylic oxidation sites excluding steroid dienone is 1. The molecule has 0 aromatic rings. The maximum absolute atomic E-state index is 11.8. The summed E-state index contributed by atoms with van der Waals surface area (Å²) in [7, 11) is 0. The van der Waals surface area contributed by atoms with E-state index in [2.05, 4.69) is 4.74 Å². The van der Waals surface area contributed by atoms with Crippen LogP contribution < -0.4 is 0 Å². The van der Waals surface area contributed by atoms with Crippen molar-refractivity contribution in [1.82, 2.24) is 0 Å². The van der Waals surface area contributed by atoms with Crippen LogP contribution in [0.4, 0.5) is 0 Å². The molecule has 17 heavy (non-hydrogen) atoms. The Bertz CT molecular complexity index is 345. The van der Waals surface area contributed by atoms with Crippen molar-refractivity contribution >= 4 is 17.7 Å². The minimum Gasteiger partial charge on any atom is -0.458 e. The van der Waals surface area contributed by atoms with E-state index in [9.17, 15) is 14.4 Å². The van der Waals surface area contributed by atoms with Gasteiger partial charge in [-0.25, -0.2) is 0 Å². The standard InChI is InChI=1S/C12H16O5/c1-8(13)16-7-11(15)10-5-3-4-6-12(10)17-9(2)14/h4,6,10,12H,3,5,7H2,1-2H3/t10-,12-/m1/s1. The fourth-order valence-corrected chi connectivity index (χ4v) is 1.74. The molecule has 94 valence electrons. The summed E-state index contributed by atoms with van der Waals surface area (Å²) in [4.78, 5) is 33.3. The van der Waals surface area contributed by atoms with Crippen molar-refractivity contribution in [2.75, 3.05) is 6.61 Å². The van der Waals surface area contributed by atoms with Gasteiger partial charge in [0.15, 0.2) is 5.78 Å². The second-order valence-corrected chi connectivity index (χ2v) is 3.93. The minimum atomic E-state index is -0.538. The Morgan fingerprint density at radius 3 is 2.53 bits per heavy atom. The van der Waals surface area contributed by atoms with Crippen molar-refractivity contribution in [2.24, 2.45) is 5.92 Å². The molecule has 5 heteroatoms. The molecule has 0 saturated heterocycles. The van der Waals surface area contributed by atoms with Crippen LogP contribution >= 0.6 is 0 Å². The van der Waals surface area contributed by atoms with Gasteiger partial charge in [0.05, 0.1) is 5.92 Å². The van der Waals surface area contributed by atoms with Crippen molar-refractivity contribution < 1.29 is 23.9 Å². The van der Waals surface area contributed by atoms with Gasteiger partial charge in [0.1, 0.15) is 12.7 Å². The van der Waals surface area contributed by atoms with Crippen LogP contribution in [0.15, 0.2) is 12.2 Å². The number of carbonyl (C=O) groups is 3. The van der Waals surface area contributed by atoms with E-state index in [0.717, 1.165) is 6.42 Å². The SMILES string of the molecule is CC(=O)OCC(=O)[C@H]1CCC=C[C@H]1OC(C)=O. The average Bonchev–Trinajstić information content (AvgIpc) is 2.25. The fraction of sp³-hybridized carbons (Fsp3) is 0.583. The Hall–Kier alpha value is -1.65. The van der Waals surface area contributed by atoms with E-state index >= 15 is 0 Å². The van der Waals surface area contributed by atoms with E-state index in [0.29, 0.717) is 6.42 Å². The summed E-state index contributed by atoms with van der Waals surface area (Å²) in [5.41, 5.74) is 0. The normalized spacial score (nSPS) is 22.9. The number of hydrogen-bond acceptors (Lipinski definition) is 5. The molecule has 0 spiro atoms. The third-order valence-electron chi connectivity index (χ3n) is 2.50. The number of esters is 2. The topological polar surface area (TPSA) is 69.7 Å². The van der Waals surface area contributed by atoms with Gasteiger partial charge in [0.2, 0.25) is 0 Å². The van der Waals surface area contributed by atoms with Gasteiger partial charge in [0.25, 0.3) is 0 Å². The van der Waals surface area contributed by atoms with Crippen LogP contribution in [0, 0.1) is 5.92 Å². The smallest absolute Gasteiger partial charge is 0.303 e. The minimum absolute atomic E-state index is 0.212. The maximum Gasteiger partial charge on any atom is 0.303 e. The zero-order chi connectivity index (χ0) is 12.8. The van der Waals surface area contributed by atoms with E-state index in [-0.39, 0.29) is 12.4 Å². The second-order valence-electron chi connectivity index (χ2n) is 3.93. The van der Waals surface area contributed by atoms with Gasteiger partial charge in [-0.3, -0.25) is 14.4 Å². The van der Waals surface area contributed by atoms with Gasteiger partial charge in [-0.05, 0) is 18.9 Å². The molecular weight excluding hydrogens is 224 g/mol. The van der Waals surface area contributed by atoms with Crippen molar-refractivity contribution in [2.45, 2.75) is 32.8 Å². The summed E-state index contributed by atoms with van der Waals surface area (Å²) in [6.45, 7) is 2.29. The molecule has 1 rings (SSSR count). The van der Waals surface area contributed by atoms with Crippen molar-refractivity contribution in [1.29, 1.82) is 0 Å². The highest BCUT2D eigenvalue weighted by atomic mass is 16.5. The summed E-state index contributed by atoms with van der Waals surface area (Å²) < 4.78 is 9.70. The maximum atomic E-state index is 11.8. The number of rotatable bonds is 4. The molecule has 5 nitrogen and oxygen atoms in total. The Balaban J connectivity index is 2.59. The lowest BCUT2D eigenvalue weighted by molar-refractivity contribution is -0.153. The molecule has 0 radical (unpaired) electrons. The first-order valence-electron chi connectivity index (χ1n) is 5.50. The molecule has 0 fully saturated rings. The highest BCUT2D eigenvalue weighted by Crippen LogP contribution is 2.22. The molecule has 0 aromatic carbocycles. The highest BCUT2D eigenvalue weighted by Gasteiger charge is 2.30. The van der Waals surface area contributed by atoms with E-state index in [1.165, 1.54) is 13.8 Å².